The number of rotatable bonds is 1. The monoisotopic (exact) mass is 231 g/mol. The van der Waals surface area contributed by atoms with Gasteiger partial charge in [-0.15, -0.1) is 0 Å². The number of nitrogens with one attached hydrogen (secondary N) is 1. The minimum Gasteiger partial charge on any atom is -0.491 e. The van der Waals surface area contributed by atoms with Crippen LogP contribution in [0.3, 0.4) is 0 Å². The summed E-state index contributed by atoms with van der Waals surface area (Å²) in [6, 6.07) is 4.72. The molecule has 16 heavy (non-hydrogen) atoms. The summed E-state index contributed by atoms with van der Waals surface area (Å²) in [5.41, 5.74) is 0.872. The van der Waals surface area contributed by atoms with E-state index in [1.807, 2.05) is 0 Å². The molecule has 0 radical (unpaired) electrons. The zero-order valence-corrected chi connectivity index (χ0v) is 8.10. The summed E-state index contributed by atoms with van der Waals surface area (Å²) in [5.74, 6) is -1.66. The van der Waals surface area contributed by atoms with E-state index >= 15 is 0 Å². The van der Waals surface area contributed by atoms with E-state index in [-0.39, 0.29) is 5.69 Å². The van der Waals surface area contributed by atoms with E-state index in [0.717, 1.165) is 5.56 Å². The van der Waals surface area contributed by atoms with Gasteiger partial charge in [-0.3, -0.25) is 4.79 Å². The van der Waals surface area contributed by atoms with E-state index in [9.17, 15) is 18.0 Å². The van der Waals surface area contributed by atoms with Gasteiger partial charge in [0.25, 0.3) is 0 Å². The predicted molar refractivity (Wildman–Crippen MR) is 50.3 cm³/mol. The molecule has 86 valence electrons. The maximum absolute atomic E-state index is 12.0. The summed E-state index contributed by atoms with van der Waals surface area (Å²) < 4.78 is 41.3. The van der Waals surface area contributed by atoms with Gasteiger partial charge in [0.1, 0.15) is 5.75 Å². The third-order valence-electron chi connectivity index (χ3n) is 2.22. The van der Waals surface area contributed by atoms with Crippen molar-refractivity contribution in [2.24, 2.45) is 0 Å². The highest BCUT2D eigenvalue weighted by molar-refractivity contribution is 5.96. The van der Waals surface area contributed by atoms with Gasteiger partial charge >= 0.3 is 12.1 Å². The molecular formula is C10H8F3NO2. The summed E-state index contributed by atoms with van der Waals surface area (Å²) in [6.45, 7) is 0.425. The minimum atomic E-state index is -4.89. The van der Waals surface area contributed by atoms with E-state index < -0.39 is 12.1 Å². The second kappa shape index (κ2) is 3.70. The number of hydrogen-bond donors (Lipinski definition) is 1. The molecule has 0 atom stereocenters. The zero-order chi connectivity index (χ0) is 11.8. The summed E-state index contributed by atoms with van der Waals surface area (Å²) in [6.07, 6.45) is -4.24. The number of hydrogen-bond acceptors (Lipinski definition) is 2. The van der Waals surface area contributed by atoms with Gasteiger partial charge in [-0.05, 0) is 11.6 Å². The molecule has 3 nitrogen and oxygen atoms in total. The highest BCUT2D eigenvalue weighted by Gasteiger charge is 2.39. The predicted octanol–water partition coefficient (Wildman–Crippen LogP) is 2.12. The van der Waals surface area contributed by atoms with Crippen LogP contribution >= 0.6 is 0 Å². The lowest BCUT2D eigenvalue weighted by molar-refractivity contribution is -0.167. The van der Waals surface area contributed by atoms with Crippen molar-refractivity contribution in [3.05, 3.63) is 23.8 Å². The van der Waals surface area contributed by atoms with E-state index in [1.54, 1.807) is 17.4 Å². The SMILES string of the molecule is O=C(Nc1cccc2c1OCC2)C(F)(F)F. The Hall–Kier alpha value is -1.72. The third-order valence-corrected chi connectivity index (χ3v) is 2.22. The number of amides is 1. The lowest BCUT2D eigenvalue weighted by Crippen LogP contribution is -2.30. The maximum atomic E-state index is 12.0. The van der Waals surface area contributed by atoms with Crippen molar-refractivity contribution in [1.29, 1.82) is 0 Å². The van der Waals surface area contributed by atoms with Crippen LogP contribution in [0.4, 0.5) is 18.9 Å². The van der Waals surface area contributed by atoms with Crippen LogP contribution in [-0.2, 0) is 11.2 Å². The van der Waals surface area contributed by atoms with Gasteiger partial charge in [0.05, 0.1) is 12.3 Å². The first-order valence-corrected chi connectivity index (χ1v) is 4.61. The van der Waals surface area contributed by atoms with Crippen LogP contribution in [0.2, 0.25) is 0 Å². The van der Waals surface area contributed by atoms with Crippen LogP contribution < -0.4 is 10.1 Å². The smallest absolute Gasteiger partial charge is 0.471 e. The van der Waals surface area contributed by atoms with Crippen LogP contribution in [0.15, 0.2) is 18.2 Å². The van der Waals surface area contributed by atoms with Gasteiger partial charge < -0.3 is 10.1 Å². The molecular weight excluding hydrogens is 223 g/mol. The number of carbonyl (C=O) groups excluding carboxylic acids is 1. The molecule has 0 saturated heterocycles. The molecule has 0 spiro atoms. The summed E-state index contributed by atoms with van der Waals surface area (Å²) >= 11 is 0. The average Bonchev–Trinajstić information content (AvgIpc) is 2.65. The third kappa shape index (κ3) is 1.95. The lowest BCUT2D eigenvalue weighted by Gasteiger charge is -2.10. The second-order valence-corrected chi connectivity index (χ2v) is 3.34. The topological polar surface area (TPSA) is 38.3 Å². The molecule has 1 heterocycles. The van der Waals surface area contributed by atoms with Crippen LogP contribution in [0, 0.1) is 0 Å². The van der Waals surface area contributed by atoms with Gasteiger partial charge in [-0.2, -0.15) is 13.2 Å². The number of fused-ring (bicyclic) bond motifs is 1. The first kappa shape index (κ1) is 10.8. The molecule has 0 fully saturated rings. The molecule has 1 N–H and O–H groups in total. The van der Waals surface area contributed by atoms with Gasteiger partial charge in [-0.25, -0.2) is 0 Å². The Morgan fingerprint density at radius 3 is 2.81 bits per heavy atom. The molecule has 0 unspecified atom stereocenters. The second-order valence-electron chi connectivity index (χ2n) is 3.34. The van der Waals surface area contributed by atoms with Crippen molar-refractivity contribution in [3.8, 4) is 5.75 Å². The molecule has 1 aromatic carbocycles. The average molecular weight is 231 g/mol. The quantitative estimate of drug-likeness (QED) is 0.803. The Morgan fingerprint density at radius 1 is 1.38 bits per heavy atom. The number of anilines is 1. The van der Waals surface area contributed by atoms with Gasteiger partial charge in [0.15, 0.2) is 0 Å². The summed E-state index contributed by atoms with van der Waals surface area (Å²) in [7, 11) is 0. The normalized spacial score (nSPS) is 14.2. The van der Waals surface area contributed by atoms with Crippen LogP contribution in [0.5, 0.6) is 5.75 Å². The number of alkyl halides is 3. The largest absolute Gasteiger partial charge is 0.491 e. The molecule has 1 aliphatic rings. The van der Waals surface area contributed by atoms with E-state index in [2.05, 4.69) is 0 Å². The van der Waals surface area contributed by atoms with E-state index in [4.69, 9.17) is 4.74 Å². The molecule has 0 aromatic heterocycles. The molecule has 2 rings (SSSR count). The van der Waals surface area contributed by atoms with E-state index in [0.29, 0.717) is 18.8 Å². The Labute approximate surface area is 89.2 Å². The first-order valence-electron chi connectivity index (χ1n) is 4.61. The Balaban J connectivity index is 2.23. The highest BCUT2D eigenvalue weighted by Crippen LogP contribution is 2.34. The number of ether oxygens (including phenoxy) is 1. The number of carbonyl (C=O) groups is 1. The first-order chi connectivity index (χ1) is 7.48. The fraction of sp³-hybridized carbons (Fsp3) is 0.300. The maximum Gasteiger partial charge on any atom is 0.471 e. The van der Waals surface area contributed by atoms with Crippen LogP contribution in [0.1, 0.15) is 5.56 Å². The number of benzene rings is 1. The Morgan fingerprint density at radius 2 is 2.12 bits per heavy atom. The lowest BCUT2D eigenvalue weighted by atomic mass is 10.1. The molecule has 0 saturated carbocycles. The molecule has 1 amide bonds. The van der Waals surface area contributed by atoms with Gasteiger partial charge in [0, 0.05) is 6.42 Å². The fourth-order valence-electron chi connectivity index (χ4n) is 1.51. The van der Waals surface area contributed by atoms with Crippen molar-refractivity contribution < 1.29 is 22.7 Å². The summed E-state index contributed by atoms with van der Waals surface area (Å²) in [4.78, 5) is 10.7. The molecule has 0 aliphatic carbocycles. The highest BCUT2D eigenvalue weighted by atomic mass is 19.4. The summed E-state index contributed by atoms with van der Waals surface area (Å²) in [5, 5.41) is 1.79. The number of para-hydroxylation sites is 1. The number of halogens is 3. The molecule has 0 bridgehead atoms. The van der Waals surface area contributed by atoms with Crippen LogP contribution in [0.25, 0.3) is 0 Å². The fourth-order valence-corrected chi connectivity index (χ4v) is 1.51. The van der Waals surface area contributed by atoms with Crippen molar-refractivity contribution in [2.45, 2.75) is 12.6 Å². The van der Waals surface area contributed by atoms with Gasteiger partial charge in [-0.1, -0.05) is 12.1 Å². The Kier molecular flexibility index (Phi) is 2.49. The molecule has 1 aliphatic heterocycles. The van der Waals surface area contributed by atoms with E-state index in [1.165, 1.54) is 6.07 Å². The standard InChI is InChI=1S/C10H8F3NO2/c11-10(12,13)9(15)14-7-3-1-2-6-4-5-16-8(6)7/h1-3H,4-5H2,(H,14,15). The molecule has 6 heteroatoms. The van der Waals surface area contributed by atoms with Crippen molar-refractivity contribution in [3.63, 3.8) is 0 Å². The van der Waals surface area contributed by atoms with Crippen molar-refractivity contribution in [2.75, 3.05) is 11.9 Å². The Bertz CT molecular complexity index is 429. The van der Waals surface area contributed by atoms with Gasteiger partial charge in [0.2, 0.25) is 0 Å². The minimum absolute atomic E-state index is 0.0670. The van der Waals surface area contributed by atoms with Crippen LogP contribution in [-0.4, -0.2) is 18.7 Å². The van der Waals surface area contributed by atoms with Crippen molar-refractivity contribution >= 4 is 11.6 Å². The molecule has 1 aromatic rings. The zero-order valence-electron chi connectivity index (χ0n) is 8.10. The van der Waals surface area contributed by atoms with Crippen molar-refractivity contribution in [1.82, 2.24) is 0 Å².